The summed E-state index contributed by atoms with van der Waals surface area (Å²) in [5, 5.41) is 0. The van der Waals surface area contributed by atoms with Gasteiger partial charge in [-0.3, -0.25) is 9.59 Å². The molecule has 1 aromatic carbocycles. The molecule has 22 heavy (non-hydrogen) atoms. The highest BCUT2D eigenvalue weighted by Crippen LogP contribution is 2.17. The van der Waals surface area contributed by atoms with Crippen LogP contribution in [0.3, 0.4) is 0 Å². The first-order valence-electron chi connectivity index (χ1n) is 6.66. The summed E-state index contributed by atoms with van der Waals surface area (Å²) < 4.78 is 16.6. The van der Waals surface area contributed by atoms with E-state index < -0.39 is 5.97 Å². The monoisotopic (exact) mass is 303 g/mol. The lowest BCUT2D eigenvalue weighted by molar-refractivity contribution is -0.141. The Morgan fingerprint density at radius 3 is 2.36 bits per heavy atom. The fourth-order valence-electron chi connectivity index (χ4n) is 1.90. The fourth-order valence-corrected chi connectivity index (χ4v) is 1.90. The number of esters is 1. The van der Waals surface area contributed by atoms with E-state index in [2.05, 4.69) is 4.74 Å². The van der Waals surface area contributed by atoms with Crippen molar-refractivity contribution < 1.29 is 23.8 Å². The number of methoxy groups -OCH3 is 2. The van der Waals surface area contributed by atoms with Crippen molar-refractivity contribution in [3.05, 3.63) is 48.3 Å². The lowest BCUT2D eigenvalue weighted by Gasteiger charge is -2.09. The molecule has 0 bridgehead atoms. The number of hydrogen-bond donors (Lipinski definition) is 0. The van der Waals surface area contributed by atoms with Crippen LogP contribution in [0.15, 0.2) is 42.6 Å². The molecule has 2 aromatic rings. The maximum Gasteiger partial charge on any atom is 0.325 e. The molecule has 0 aliphatic rings. The smallest absolute Gasteiger partial charge is 0.325 e. The van der Waals surface area contributed by atoms with Crippen LogP contribution in [-0.2, 0) is 16.1 Å². The molecule has 0 aliphatic heterocycles. The summed E-state index contributed by atoms with van der Waals surface area (Å²) in [5.74, 6) is 0.650. The number of carbonyl (C=O) groups is 2. The van der Waals surface area contributed by atoms with Crippen molar-refractivity contribution in [1.29, 1.82) is 0 Å². The van der Waals surface area contributed by atoms with E-state index in [4.69, 9.17) is 9.47 Å². The summed E-state index contributed by atoms with van der Waals surface area (Å²) in [5.41, 5.74) is 0.402. The van der Waals surface area contributed by atoms with Gasteiger partial charge in [0.15, 0.2) is 6.61 Å². The summed E-state index contributed by atoms with van der Waals surface area (Å²) >= 11 is 0. The van der Waals surface area contributed by atoms with Gasteiger partial charge >= 0.3 is 5.97 Å². The molecule has 1 aromatic heterocycles. The molecule has 0 spiro atoms. The summed E-state index contributed by atoms with van der Waals surface area (Å²) in [6, 6.07) is 10.3. The minimum absolute atomic E-state index is 0.00684. The second-order valence-corrected chi connectivity index (χ2v) is 4.48. The van der Waals surface area contributed by atoms with Crippen LogP contribution < -0.4 is 9.47 Å². The lowest BCUT2D eigenvalue weighted by Crippen LogP contribution is -2.19. The summed E-state index contributed by atoms with van der Waals surface area (Å²) in [6.07, 6.45) is 1.65. The van der Waals surface area contributed by atoms with E-state index in [0.717, 1.165) is 0 Å². The molecular weight excluding hydrogens is 286 g/mol. The molecule has 0 saturated heterocycles. The zero-order valence-electron chi connectivity index (χ0n) is 12.4. The molecule has 0 fully saturated rings. The number of Topliss-reactive ketones (excluding diaryl/α,β-unsaturated/α-hetero) is 1. The number of aromatic nitrogens is 1. The Balaban J connectivity index is 1.97. The van der Waals surface area contributed by atoms with Gasteiger partial charge in [-0.15, -0.1) is 0 Å². The van der Waals surface area contributed by atoms with Gasteiger partial charge in [0.2, 0.25) is 5.78 Å². The number of ketones is 1. The molecule has 0 radical (unpaired) electrons. The number of rotatable bonds is 7. The Hall–Kier alpha value is -2.76. The molecule has 2 rings (SSSR count). The third-order valence-electron chi connectivity index (χ3n) is 3.07. The van der Waals surface area contributed by atoms with Crippen molar-refractivity contribution in [2.24, 2.45) is 0 Å². The fraction of sp³-hybridized carbons (Fsp3) is 0.250. The van der Waals surface area contributed by atoms with Gasteiger partial charge in [0.25, 0.3) is 0 Å². The summed E-state index contributed by atoms with van der Waals surface area (Å²) in [6.45, 7) is -0.120. The second kappa shape index (κ2) is 7.31. The topological polar surface area (TPSA) is 66.8 Å². The van der Waals surface area contributed by atoms with Gasteiger partial charge in [-0.05, 0) is 36.4 Å². The van der Waals surface area contributed by atoms with E-state index in [0.29, 0.717) is 17.2 Å². The molecule has 0 amide bonds. The molecule has 6 heteroatoms. The van der Waals surface area contributed by atoms with Gasteiger partial charge in [0.1, 0.15) is 18.0 Å². The molecular formula is C16H17NO5. The third kappa shape index (κ3) is 3.88. The largest absolute Gasteiger partial charge is 0.497 e. The first kappa shape index (κ1) is 15.6. The highest BCUT2D eigenvalue weighted by Gasteiger charge is 2.14. The normalized spacial score (nSPS) is 10.1. The molecule has 1 heterocycles. The van der Waals surface area contributed by atoms with E-state index in [1.807, 2.05) is 0 Å². The van der Waals surface area contributed by atoms with E-state index in [9.17, 15) is 9.59 Å². The van der Waals surface area contributed by atoms with Crippen LogP contribution in [0, 0.1) is 0 Å². The average molecular weight is 303 g/mol. The Bertz CT molecular complexity index is 645. The number of nitrogens with zero attached hydrogens (tertiary/aromatic N) is 1. The van der Waals surface area contributed by atoms with Crippen molar-refractivity contribution in [2.45, 2.75) is 6.54 Å². The van der Waals surface area contributed by atoms with E-state index in [-0.39, 0.29) is 18.9 Å². The van der Waals surface area contributed by atoms with Crippen LogP contribution in [0.5, 0.6) is 11.5 Å². The lowest BCUT2D eigenvalue weighted by atomic mass is 10.3. The molecule has 0 atom stereocenters. The van der Waals surface area contributed by atoms with Gasteiger partial charge in [-0.25, -0.2) is 0 Å². The Morgan fingerprint density at radius 2 is 1.73 bits per heavy atom. The van der Waals surface area contributed by atoms with Gasteiger partial charge in [0.05, 0.1) is 19.9 Å². The molecule has 116 valence electrons. The predicted molar refractivity (Wildman–Crippen MR) is 79.3 cm³/mol. The number of hydrogen-bond acceptors (Lipinski definition) is 5. The van der Waals surface area contributed by atoms with E-state index in [1.165, 1.54) is 11.7 Å². The third-order valence-corrected chi connectivity index (χ3v) is 3.07. The van der Waals surface area contributed by atoms with Crippen molar-refractivity contribution in [2.75, 3.05) is 20.8 Å². The Kier molecular flexibility index (Phi) is 5.19. The van der Waals surface area contributed by atoms with Gasteiger partial charge < -0.3 is 18.8 Å². The molecule has 0 unspecified atom stereocenters. The first-order valence-corrected chi connectivity index (χ1v) is 6.66. The summed E-state index contributed by atoms with van der Waals surface area (Å²) in [7, 11) is 2.88. The number of carbonyl (C=O) groups excluding carboxylic acids is 2. The predicted octanol–water partition coefficient (Wildman–Crippen LogP) is 1.93. The SMILES string of the molecule is COC(=O)Cn1cccc1C(=O)COc1ccc(OC)cc1. The molecule has 0 aliphatic carbocycles. The van der Waals surface area contributed by atoms with Crippen LogP contribution in [0.1, 0.15) is 10.5 Å². The second-order valence-electron chi connectivity index (χ2n) is 4.48. The maximum absolute atomic E-state index is 12.2. The average Bonchev–Trinajstić information content (AvgIpc) is 3.01. The van der Waals surface area contributed by atoms with Crippen molar-refractivity contribution in [3.63, 3.8) is 0 Å². The molecule has 0 N–H and O–H groups in total. The van der Waals surface area contributed by atoms with Crippen LogP contribution in [-0.4, -0.2) is 37.1 Å². The number of ether oxygens (including phenoxy) is 3. The zero-order valence-corrected chi connectivity index (χ0v) is 12.4. The van der Waals surface area contributed by atoms with Crippen molar-refractivity contribution in [1.82, 2.24) is 4.57 Å². The van der Waals surface area contributed by atoms with Crippen molar-refractivity contribution >= 4 is 11.8 Å². The Labute approximate surface area is 128 Å². The highest BCUT2D eigenvalue weighted by atomic mass is 16.5. The number of benzene rings is 1. The van der Waals surface area contributed by atoms with Gasteiger partial charge in [0, 0.05) is 6.20 Å². The van der Waals surface area contributed by atoms with Crippen LogP contribution in [0.4, 0.5) is 0 Å². The zero-order chi connectivity index (χ0) is 15.9. The van der Waals surface area contributed by atoms with Gasteiger partial charge in [-0.2, -0.15) is 0 Å². The molecule has 0 saturated carbocycles. The minimum Gasteiger partial charge on any atom is -0.497 e. The minimum atomic E-state index is -0.415. The van der Waals surface area contributed by atoms with Crippen LogP contribution in [0.2, 0.25) is 0 Å². The van der Waals surface area contributed by atoms with E-state index >= 15 is 0 Å². The van der Waals surface area contributed by atoms with Gasteiger partial charge in [-0.1, -0.05) is 0 Å². The summed E-state index contributed by atoms with van der Waals surface area (Å²) in [4.78, 5) is 23.5. The van der Waals surface area contributed by atoms with Crippen molar-refractivity contribution in [3.8, 4) is 11.5 Å². The van der Waals surface area contributed by atoms with Crippen LogP contribution >= 0.6 is 0 Å². The first-order chi connectivity index (χ1) is 10.6. The van der Waals surface area contributed by atoms with E-state index in [1.54, 1.807) is 49.7 Å². The quantitative estimate of drug-likeness (QED) is 0.577. The maximum atomic E-state index is 12.2. The standard InChI is InChI=1S/C16H17NO5/c1-20-12-5-7-13(8-6-12)22-11-15(18)14-4-3-9-17(14)10-16(19)21-2/h3-9H,10-11H2,1-2H3. The van der Waals surface area contributed by atoms with Crippen LogP contribution in [0.25, 0.3) is 0 Å². The highest BCUT2D eigenvalue weighted by molar-refractivity contribution is 5.96. The molecule has 6 nitrogen and oxygen atoms in total. The Morgan fingerprint density at radius 1 is 1.05 bits per heavy atom.